The van der Waals surface area contributed by atoms with Crippen molar-refractivity contribution in [3.63, 3.8) is 0 Å². The van der Waals surface area contributed by atoms with Gasteiger partial charge in [0.2, 0.25) is 5.95 Å². The van der Waals surface area contributed by atoms with Crippen LogP contribution >= 0.6 is 11.6 Å². The van der Waals surface area contributed by atoms with E-state index in [2.05, 4.69) is 56.0 Å². The molecule has 2 heterocycles. The lowest BCUT2D eigenvalue weighted by Gasteiger charge is -2.26. The number of methoxy groups -OCH3 is 1. The number of nitrogens with zero attached hydrogens (tertiary/aromatic N) is 5. The van der Waals surface area contributed by atoms with E-state index in [1.54, 1.807) is 25.3 Å². The molecule has 0 unspecified atom stereocenters. The number of ether oxygens (including phenoxy) is 1. The molecule has 1 aromatic heterocycles. The second-order valence-electron chi connectivity index (χ2n) is 6.99. The van der Waals surface area contributed by atoms with Gasteiger partial charge >= 0.3 is 0 Å². The van der Waals surface area contributed by atoms with Gasteiger partial charge in [0.1, 0.15) is 11.8 Å². The molecule has 1 aliphatic rings. The highest BCUT2D eigenvalue weighted by molar-refractivity contribution is 6.31. The Morgan fingerprint density at radius 3 is 2.77 bits per heavy atom. The maximum Gasteiger partial charge on any atom is 0.249 e. The summed E-state index contributed by atoms with van der Waals surface area (Å²) >= 11 is 6.17. The molecule has 0 radical (unpaired) electrons. The minimum atomic E-state index is 0.104. The average Bonchev–Trinajstić information content (AvgIpc) is 2.76. The molecule has 0 spiro atoms. The number of anilines is 4. The molecule has 1 aliphatic heterocycles. The van der Waals surface area contributed by atoms with Crippen LogP contribution in [-0.2, 0) is 13.0 Å². The number of halogens is 1. The predicted molar refractivity (Wildman–Crippen MR) is 116 cm³/mol. The summed E-state index contributed by atoms with van der Waals surface area (Å²) in [6.45, 7) is 1.89. The van der Waals surface area contributed by atoms with Crippen LogP contribution in [0.4, 0.5) is 23.1 Å². The molecule has 8 nitrogen and oxygen atoms in total. The highest BCUT2D eigenvalue weighted by atomic mass is 35.5. The van der Waals surface area contributed by atoms with Crippen LogP contribution in [0.5, 0.6) is 5.75 Å². The zero-order valence-corrected chi connectivity index (χ0v) is 17.4. The van der Waals surface area contributed by atoms with E-state index >= 15 is 0 Å². The van der Waals surface area contributed by atoms with Crippen LogP contribution in [0.1, 0.15) is 16.7 Å². The summed E-state index contributed by atoms with van der Waals surface area (Å²) in [5.74, 6) is 1.27. The fourth-order valence-corrected chi connectivity index (χ4v) is 3.50. The Morgan fingerprint density at radius 1 is 1.13 bits per heavy atom. The fraction of sp³-hybridized carbons (Fsp3) is 0.238. The van der Waals surface area contributed by atoms with E-state index < -0.39 is 0 Å². The molecule has 0 aliphatic carbocycles. The first-order valence-electron chi connectivity index (χ1n) is 9.39. The van der Waals surface area contributed by atoms with Gasteiger partial charge in [-0.1, -0.05) is 23.7 Å². The number of nitriles is 1. The number of hydrogen-bond donors (Lipinski definition) is 2. The van der Waals surface area contributed by atoms with E-state index in [1.165, 1.54) is 11.1 Å². The molecule has 2 aromatic carbocycles. The highest BCUT2D eigenvalue weighted by Gasteiger charge is 2.18. The van der Waals surface area contributed by atoms with Gasteiger partial charge in [-0.05, 0) is 48.9 Å². The van der Waals surface area contributed by atoms with E-state index in [9.17, 15) is 5.26 Å². The number of rotatable bonds is 5. The first-order valence-corrected chi connectivity index (χ1v) is 9.77. The minimum absolute atomic E-state index is 0.104. The topological polar surface area (TPSA) is 99.0 Å². The summed E-state index contributed by atoms with van der Waals surface area (Å²) in [5, 5.41) is 23.6. The Labute approximate surface area is 179 Å². The van der Waals surface area contributed by atoms with Gasteiger partial charge in [-0.25, -0.2) is 0 Å². The van der Waals surface area contributed by atoms with Crippen molar-refractivity contribution in [1.82, 2.24) is 20.1 Å². The smallest absolute Gasteiger partial charge is 0.249 e. The molecule has 4 rings (SSSR count). The van der Waals surface area contributed by atoms with Gasteiger partial charge in [-0.15, -0.1) is 10.2 Å². The van der Waals surface area contributed by atoms with Crippen LogP contribution in [0.2, 0.25) is 5.15 Å². The van der Waals surface area contributed by atoms with Gasteiger partial charge in [0.05, 0.1) is 24.0 Å². The Morgan fingerprint density at radius 2 is 1.97 bits per heavy atom. The monoisotopic (exact) mass is 421 g/mol. The van der Waals surface area contributed by atoms with Gasteiger partial charge in [-0.3, -0.25) is 0 Å². The van der Waals surface area contributed by atoms with Crippen molar-refractivity contribution < 1.29 is 4.74 Å². The molecule has 0 saturated carbocycles. The molecule has 0 atom stereocenters. The van der Waals surface area contributed by atoms with Crippen molar-refractivity contribution in [2.75, 3.05) is 31.3 Å². The van der Waals surface area contributed by atoms with Crippen LogP contribution in [-0.4, -0.2) is 40.8 Å². The van der Waals surface area contributed by atoms with Crippen molar-refractivity contribution >= 4 is 34.7 Å². The van der Waals surface area contributed by atoms with Crippen LogP contribution in [0, 0.1) is 11.3 Å². The number of aromatic nitrogens is 3. The van der Waals surface area contributed by atoms with E-state index in [-0.39, 0.29) is 11.1 Å². The molecule has 3 aromatic rings. The molecule has 0 amide bonds. The van der Waals surface area contributed by atoms with Gasteiger partial charge in [0.15, 0.2) is 11.0 Å². The predicted octanol–water partition coefficient (Wildman–Crippen LogP) is 3.88. The molecule has 30 heavy (non-hydrogen) atoms. The van der Waals surface area contributed by atoms with Crippen LogP contribution < -0.4 is 15.4 Å². The Balaban J connectivity index is 1.64. The third-order valence-electron chi connectivity index (χ3n) is 4.92. The summed E-state index contributed by atoms with van der Waals surface area (Å²) < 4.78 is 5.56. The summed E-state index contributed by atoms with van der Waals surface area (Å²) in [6, 6.07) is 13.3. The van der Waals surface area contributed by atoms with Crippen molar-refractivity contribution in [3.8, 4) is 11.8 Å². The quantitative estimate of drug-likeness (QED) is 0.640. The maximum atomic E-state index is 9.29. The first-order chi connectivity index (χ1) is 14.6. The summed E-state index contributed by atoms with van der Waals surface area (Å²) in [5.41, 5.74) is 4.32. The van der Waals surface area contributed by atoms with Crippen LogP contribution in [0.3, 0.4) is 0 Å². The second-order valence-corrected chi connectivity index (χ2v) is 7.35. The lowest BCUT2D eigenvalue weighted by atomic mass is 9.99. The third-order valence-corrected chi connectivity index (χ3v) is 5.17. The van der Waals surface area contributed by atoms with E-state index in [1.807, 2.05) is 6.07 Å². The van der Waals surface area contributed by atoms with E-state index in [0.717, 1.165) is 25.2 Å². The summed E-state index contributed by atoms with van der Waals surface area (Å²) in [6.07, 6.45) is 0.980. The normalized spacial score (nSPS) is 13.3. The summed E-state index contributed by atoms with van der Waals surface area (Å²) in [4.78, 5) is 6.71. The molecular weight excluding hydrogens is 402 g/mol. The van der Waals surface area contributed by atoms with Gasteiger partial charge in [0, 0.05) is 13.1 Å². The van der Waals surface area contributed by atoms with Crippen molar-refractivity contribution in [3.05, 3.63) is 58.2 Å². The molecule has 9 heteroatoms. The number of para-hydroxylation sites is 1. The lowest BCUT2D eigenvalue weighted by Crippen LogP contribution is -2.26. The molecular formula is C21H20ClN7O. The second kappa shape index (κ2) is 8.53. The molecule has 0 saturated heterocycles. The third kappa shape index (κ3) is 4.13. The Kier molecular flexibility index (Phi) is 5.65. The number of hydrogen-bond acceptors (Lipinski definition) is 8. The zero-order chi connectivity index (χ0) is 21.1. The molecule has 152 valence electrons. The van der Waals surface area contributed by atoms with Crippen molar-refractivity contribution in [1.29, 1.82) is 5.26 Å². The lowest BCUT2D eigenvalue weighted by molar-refractivity contribution is 0.312. The van der Waals surface area contributed by atoms with E-state index in [0.29, 0.717) is 22.8 Å². The molecule has 0 bridgehead atoms. The molecule has 0 fully saturated rings. The number of nitrogens with one attached hydrogen (secondary N) is 2. The van der Waals surface area contributed by atoms with Crippen molar-refractivity contribution in [2.45, 2.75) is 13.0 Å². The number of fused-ring (bicyclic) bond motifs is 1. The first kappa shape index (κ1) is 19.9. The molecule has 2 N–H and O–H groups in total. The SMILES string of the molecule is COc1cc2c(cc1Nc1nnc(Cl)c(Nc3ccccc3C#N)n1)CN(C)CC2. The Bertz CT molecular complexity index is 1130. The van der Waals surface area contributed by atoms with Crippen molar-refractivity contribution in [2.24, 2.45) is 0 Å². The van der Waals surface area contributed by atoms with Crippen LogP contribution in [0.25, 0.3) is 0 Å². The van der Waals surface area contributed by atoms with Crippen LogP contribution in [0.15, 0.2) is 36.4 Å². The highest BCUT2D eigenvalue weighted by Crippen LogP contribution is 2.33. The zero-order valence-electron chi connectivity index (χ0n) is 16.6. The van der Waals surface area contributed by atoms with Gasteiger partial charge < -0.3 is 20.3 Å². The van der Waals surface area contributed by atoms with Gasteiger partial charge in [-0.2, -0.15) is 10.2 Å². The maximum absolute atomic E-state index is 9.29. The largest absolute Gasteiger partial charge is 0.495 e. The Hall–Kier alpha value is -3.41. The fourth-order valence-electron chi connectivity index (χ4n) is 3.38. The standard InChI is InChI=1S/C21H20ClN7O/c1-29-8-7-13-10-18(30-2)17(9-15(13)12-29)25-21-26-20(19(22)27-28-21)24-16-6-4-3-5-14(16)11-23/h3-6,9-10H,7-8,12H2,1-2H3,(H2,24,25,26,28). The van der Waals surface area contributed by atoms with Gasteiger partial charge in [0.25, 0.3) is 0 Å². The number of likely N-dealkylation sites (N-methyl/N-ethyl adjacent to an activating group) is 1. The summed E-state index contributed by atoms with van der Waals surface area (Å²) in [7, 11) is 3.73. The minimum Gasteiger partial charge on any atom is -0.495 e. The number of benzene rings is 2. The van der Waals surface area contributed by atoms with E-state index in [4.69, 9.17) is 16.3 Å². The average molecular weight is 422 g/mol.